The third-order valence-corrected chi connectivity index (χ3v) is 4.45. The summed E-state index contributed by atoms with van der Waals surface area (Å²) < 4.78 is 1.64. The maximum Gasteiger partial charge on any atom is 0.296 e. The fraction of sp³-hybridized carbons (Fsp3) is 0.182. The van der Waals surface area contributed by atoms with Crippen LogP contribution in [0.2, 0.25) is 0 Å². The minimum atomic E-state index is -0.781. The second kappa shape index (κ2) is 8.52. The average molecular weight is 390 g/mol. The van der Waals surface area contributed by atoms with Gasteiger partial charge in [0.05, 0.1) is 22.6 Å². The molecular formula is C22H22N4O3. The molecule has 7 heteroatoms. The summed E-state index contributed by atoms with van der Waals surface area (Å²) in [6.07, 6.45) is 0. The van der Waals surface area contributed by atoms with Crippen LogP contribution in [0.4, 0.5) is 5.69 Å². The van der Waals surface area contributed by atoms with E-state index < -0.39 is 11.7 Å². The number of anilines is 1. The lowest BCUT2D eigenvalue weighted by molar-refractivity contribution is -0.112. The standard InChI is InChI=1S/C22H22N4O3/c1-4-23-21(28)16-9-8-10-17(13-16)24-22(29)20(27)19-14(2)25-26(15(19)3)18-11-6-5-7-12-18/h5-13H,4H2,1-3H3,(H,23,28)(H,24,29). The Labute approximate surface area is 168 Å². The van der Waals surface area contributed by atoms with Gasteiger partial charge in [-0.1, -0.05) is 24.3 Å². The van der Waals surface area contributed by atoms with Crippen molar-refractivity contribution in [3.63, 3.8) is 0 Å². The lowest BCUT2D eigenvalue weighted by Crippen LogP contribution is -2.25. The highest BCUT2D eigenvalue weighted by atomic mass is 16.2. The lowest BCUT2D eigenvalue weighted by atomic mass is 10.1. The number of Topliss-reactive ketones (excluding diaryl/α,β-unsaturated/α-hetero) is 1. The van der Waals surface area contributed by atoms with Crippen molar-refractivity contribution in [1.29, 1.82) is 0 Å². The molecule has 0 radical (unpaired) electrons. The predicted molar refractivity (Wildman–Crippen MR) is 110 cm³/mol. The SMILES string of the molecule is CCNC(=O)c1cccc(NC(=O)C(=O)c2c(C)nn(-c3ccccc3)c2C)c1. The number of aryl methyl sites for hydroxylation is 1. The average Bonchev–Trinajstić information content (AvgIpc) is 3.02. The minimum Gasteiger partial charge on any atom is -0.352 e. The molecule has 0 saturated carbocycles. The van der Waals surface area contributed by atoms with Gasteiger partial charge in [-0.3, -0.25) is 14.4 Å². The van der Waals surface area contributed by atoms with Crippen LogP contribution >= 0.6 is 0 Å². The van der Waals surface area contributed by atoms with Gasteiger partial charge < -0.3 is 10.6 Å². The molecule has 0 bridgehead atoms. The van der Waals surface area contributed by atoms with E-state index >= 15 is 0 Å². The van der Waals surface area contributed by atoms with Gasteiger partial charge in [-0.25, -0.2) is 4.68 Å². The number of para-hydroxylation sites is 1. The Balaban J connectivity index is 1.83. The van der Waals surface area contributed by atoms with Crippen molar-refractivity contribution in [2.75, 3.05) is 11.9 Å². The maximum atomic E-state index is 12.8. The first-order valence-electron chi connectivity index (χ1n) is 9.28. The first-order chi connectivity index (χ1) is 13.9. The Bertz CT molecular complexity index is 1070. The molecule has 0 aliphatic heterocycles. The topological polar surface area (TPSA) is 93.1 Å². The number of hydrogen-bond acceptors (Lipinski definition) is 4. The van der Waals surface area contributed by atoms with Gasteiger partial charge in [0.2, 0.25) is 0 Å². The van der Waals surface area contributed by atoms with Crippen molar-refractivity contribution in [3.8, 4) is 5.69 Å². The lowest BCUT2D eigenvalue weighted by Gasteiger charge is -2.08. The highest BCUT2D eigenvalue weighted by Gasteiger charge is 2.25. The number of aromatic nitrogens is 2. The number of hydrogen-bond donors (Lipinski definition) is 2. The van der Waals surface area contributed by atoms with Crippen LogP contribution in [-0.2, 0) is 4.79 Å². The number of carbonyl (C=O) groups is 3. The van der Waals surface area contributed by atoms with Crippen LogP contribution in [0.15, 0.2) is 54.6 Å². The third-order valence-electron chi connectivity index (χ3n) is 4.45. The molecule has 0 spiro atoms. The molecule has 0 aliphatic carbocycles. The van der Waals surface area contributed by atoms with Crippen LogP contribution in [0.25, 0.3) is 5.69 Å². The van der Waals surface area contributed by atoms with E-state index in [1.165, 1.54) is 6.07 Å². The van der Waals surface area contributed by atoms with Crippen LogP contribution in [0, 0.1) is 13.8 Å². The number of ketones is 1. The van der Waals surface area contributed by atoms with Gasteiger partial charge in [0.1, 0.15) is 0 Å². The van der Waals surface area contributed by atoms with Crippen LogP contribution in [0.5, 0.6) is 0 Å². The summed E-state index contributed by atoms with van der Waals surface area (Å²) in [6, 6.07) is 15.8. The molecule has 2 aromatic carbocycles. The summed E-state index contributed by atoms with van der Waals surface area (Å²) in [5, 5.41) is 9.68. The molecule has 2 N–H and O–H groups in total. The summed E-state index contributed by atoms with van der Waals surface area (Å²) in [4.78, 5) is 37.3. The Kier molecular flexibility index (Phi) is 5.87. The van der Waals surface area contributed by atoms with Gasteiger partial charge >= 0.3 is 0 Å². The van der Waals surface area contributed by atoms with E-state index in [1.54, 1.807) is 36.7 Å². The van der Waals surface area contributed by atoms with E-state index in [0.717, 1.165) is 5.69 Å². The van der Waals surface area contributed by atoms with Crippen molar-refractivity contribution in [1.82, 2.24) is 15.1 Å². The molecule has 148 valence electrons. The summed E-state index contributed by atoms with van der Waals surface area (Å²) in [6.45, 7) is 5.77. The van der Waals surface area contributed by atoms with E-state index in [9.17, 15) is 14.4 Å². The van der Waals surface area contributed by atoms with Gasteiger partial charge in [0.25, 0.3) is 17.6 Å². The van der Waals surface area contributed by atoms with E-state index in [2.05, 4.69) is 15.7 Å². The molecule has 0 unspecified atom stereocenters. The Morgan fingerprint density at radius 3 is 2.41 bits per heavy atom. The first-order valence-corrected chi connectivity index (χ1v) is 9.28. The number of nitrogens with zero attached hydrogens (tertiary/aromatic N) is 2. The van der Waals surface area contributed by atoms with Gasteiger partial charge in [0, 0.05) is 17.8 Å². The van der Waals surface area contributed by atoms with Crippen LogP contribution in [0.3, 0.4) is 0 Å². The predicted octanol–water partition coefficient (Wildman–Crippen LogP) is 3.06. The number of carbonyl (C=O) groups excluding carboxylic acids is 3. The molecule has 0 atom stereocenters. The number of amides is 2. The second-order valence-corrected chi connectivity index (χ2v) is 6.52. The monoisotopic (exact) mass is 390 g/mol. The quantitative estimate of drug-likeness (QED) is 0.500. The molecular weight excluding hydrogens is 368 g/mol. The zero-order valence-corrected chi connectivity index (χ0v) is 16.5. The molecule has 0 aliphatic rings. The molecule has 0 saturated heterocycles. The van der Waals surface area contributed by atoms with Gasteiger partial charge in [0.15, 0.2) is 0 Å². The van der Waals surface area contributed by atoms with Crippen molar-refractivity contribution < 1.29 is 14.4 Å². The van der Waals surface area contributed by atoms with Crippen molar-refractivity contribution in [2.24, 2.45) is 0 Å². The Morgan fingerprint density at radius 2 is 1.72 bits per heavy atom. The number of nitrogens with one attached hydrogen (secondary N) is 2. The normalized spacial score (nSPS) is 10.4. The van der Waals surface area contributed by atoms with Crippen molar-refractivity contribution >= 4 is 23.3 Å². The van der Waals surface area contributed by atoms with E-state index in [0.29, 0.717) is 29.2 Å². The van der Waals surface area contributed by atoms with E-state index in [4.69, 9.17) is 0 Å². The van der Waals surface area contributed by atoms with Crippen molar-refractivity contribution in [3.05, 3.63) is 77.1 Å². The molecule has 7 nitrogen and oxygen atoms in total. The van der Waals surface area contributed by atoms with Gasteiger partial charge in [-0.05, 0) is 51.1 Å². The Morgan fingerprint density at radius 1 is 1.00 bits per heavy atom. The fourth-order valence-corrected chi connectivity index (χ4v) is 3.09. The highest BCUT2D eigenvalue weighted by Crippen LogP contribution is 2.19. The Hall–Kier alpha value is -3.74. The molecule has 3 rings (SSSR count). The maximum absolute atomic E-state index is 12.8. The van der Waals surface area contributed by atoms with Gasteiger partial charge in [-0.15, -0.1) is 0 Å². The van der Waals surface area contributed by atoms with Crippen LogP contribution < -0.4 is 10.6 Å². The molecule has 1 aromatic heterocycles. The third kappa shape index (κ3) is 4.24. The molecule has 2 amide bonds. The van der Waals surface area contributed by atoms with E-state index in [1.807, 2.05) is 37.3 Å². The molecule has 0 fully saturated rings. The fourth-order valence-electron chi connectivity index (χ4n) is 3.09. The van der Waals surface area contributed by atoms with Crippen molar-refractivity contribution in [2.45, 2.75) is 20.8 Å². The summed E-state index contributed by atoms with van der Waals surface area (Å²) in [5.41, 5.74) is 2.92. The first kappa shape index (κ1) is 20.0. The molecule has 1 heterocycles. The largest absolute Gasteiger partial charge is 0.352 e. The number of rotatable bonds is 6. The van der Waals surface area contributed by atoms with E-state index in [-0.39, 0.29) is 11.5 Å². The molecule has 29 heavy (non-hydrogen) atoms. The van der Waals surface area contributed by atoms with Crippen LogP contribution in [0.1, 0.15) is 39.0 Å². The van der Waals surface area contributed by atoms with Gasteiger partial charge in [-0.2, -0.15) is 5.10 Å². The summed E-state index contributed by atoms with van der Waals surface area (Å²) in [7, 11) is 0. The number of benzene rings is 2. The summed E-state index contributed by atoms with van der Waals surface area (Å²) >= 11 is 0. The highest BCUT2D eigenvalue weighted by molar-refractivity contribution is 6.47. The summed E-state index contributed by atoms with van der Waals surface area (Å²) in [5.74, 6) is -1.70. The second-order valence-electron chi connectivity index (χ2n) is 6.52. The smallest absolute Gasteiger partial charge is 0.296 e. The van der Waals surface area contributed by atoms with Crippen LogP contribution in [-0.4, -0.2) is 33.9 Å². The molecule has 3 aromatic rings. The zero-order chi connectivity index (χ0) is 21.0. The zero-order valence-electron chi connectivity index (χ0n) is 16.5. The minimum absolute atomic E-state index is 0.245.